The minimum absolute atomic E-state index is 0.0801. The van der Waals surface area contributed by atoms with Crippen molar-refractivity contribution in [2.45, 2.75) is 13.3 Å². The Labute approximate surface area is 165 Å². The summed E-state index contributed by atoms with van der Waals surface area (Å²) in [6, 6.07) is 4.78. The van der Waals surface area contributed by atoms with Gasteiger partial charge in [0.05, 0.1) is 32.9 Å². The number of anilines is 1. The molecule has 0 spiro atoms. The van der Waals surface area contributed by atoms with Crippen molar-refractivity contribution in [1.82, 2.24) is 10.3 Å². The van der Waals surface area contributed by atoms with E-state index in [9.17, 15) is 9.59 Å². The van der Waals surface area contributed by atoms with E-state index < -0.39 is 5.91 Å². The number of ether oxygens (including phenoxy) is 3. The van der Waals surface area contributed by atoms with E-state index >= 15 is 0 Å². The molecule has 0 aliphatic heterocycles. The first-order valence-electron chi connectivity index (χ1n) is 7.91. The summed E-state index contributed by atoms with van der Waals surface area (Å²) in [7, 11) is 3.00. The zero-order valence-electron chi connectivity index (χ0n) is 15.0. The zero-order valence-corrected chi connectivity index (χ0v) is 16.7. The van der Waals surface area contributed by atoms with Crippen LogP contribution in [0, 0.1) is 0 Å². The van der Waals surface area contributed by atoms with Crippen LogP contribution in [0.3, 0.4) is 0 Å². The van der Waals surface area contributed by atoms with E-state index in [1.165, 1.54) is 25.6 Å². The SMILES string of the molecule is CCOC(=O)Cc1csc(NC(=S)NC(=O)c2ccc(OC)c(OC)c2)n1. The highest BCUT2D eigenvalue weighted by atomic mass is 32.1. The maximum atomic E-state index is 12.3. The number of benzene rings is 1. The van der Waals surface area contributed by atoms with Gasteiger partial charge in [0.1, 0.15) is 0 Å². The third-order valence-corrected chi connectivity index (χ3v) is 4.29. The molecular weight excluding hydrogens is 390 g/mol. The molecule has 0 aliphatic rings. The van der Waals surface area contributed by atoms with E-state index in [4.69, 9.17) is 26.4 Å². The standard InChI is InChI=1S/C17H19N3O5S2/c1-4-25-14(21)8-11-9-27-17(18-11)20-16(26)19-15(22)10-5-6-12(23-2)13(7-10)24-3/h5-7,9H,4,8H2,1-3H3,(H2,18,19,20,22,26). The van der Waals surface area contributed by atoms with Gasteiger partial charge in [-0.3, -0.25) is 14.9 Å². The van der Waals surface area contributed by atoms with Crippen LogP contribution in [-0.4, -0.2) is 42.8 Å². The Bertz CT molecular complexity index is 838. The largest absolute Gasteiger partial charge is 0.493 e. The second-order valence-electron chi connectivity index (χ2n) is 5.10. The smallest absolute Gasteiger partial charge is 0.311 e. The Morgan fingerprint density at radius 1 is 1.22 bits per heavy atom. The second kappa shape index (κ2) is 9.83. The van der Waals surface area contributed by atoms with Gasteiger partial charge in [0.2, 0.25) is 0 Å². The fourth-order valence-corrected chi connectivity index (χ4v) is 3.06. The van der Waals surface area contributed by atoms with Crippen molar-refractivity contribution >= 4 is 45.7 Å². The number of hydrogen-bond acceptors (Lipinski definition) is 8. The normalized spacial score (nSPS) is 10.0. The van der Waals surface area contributed by atoms with Gasteiger partial charge >= 0.3 is 5.97 Å². The molecule has 1 aromatic carbocycles. The molecule has 0 unspecified atom stereocenters. The maximum absolute atomic E-state index is 12.3. The average molecular weight is 409 g/mol. The predicted octanol–water partition coefficient (Wildman–Crippen LogP) is 2.39. The van der Waals surface area contributed by atoms with Gasteiger partial charge in [-0.1, -0.05) is 0 Å². The number of thiocarbonyl (C=S) groups is 1. The van der Waals surface area contributed by atoms with Crippen LogP contribution >= 0.6 is 23.6 Å². The molecule has 8 nitrogen and oxygen atoms in total. The lowest BCUT2D eigenvalue weighted by Crippen LogP contribution is -2.34. The molecule has 0 fully saturated rings. The van der Waals surface area contributed by atoms with E-state index in [2.05, 4.69) is 15.6 Å². The number of rotatable bonds is 7. The van der Waals surface area contributed by atoms with Gasteiger partial charge < -0.3 is 19.5 Å². The zero-order chi connectivity index (χ0) is 19.8. The van der Waals surface area contributed by atoms with Crippen molar-refractivity contribution in [3.05, 3.63) is 34.8 Å². The number of hydrogen-bond donors (Lipinski definition) is 2. The molecule has 27 heavy (non-hydrogen) atoms. The molecular formula is C17H19N3O5S2. The van der Waals surface area contributed by atoms with Gasteiger partial charge in [-0.25, -0.2) is 4.98 Å². The fourth-order valence-electron chi connectivity index (χ4n) is 2.09. The molecule has 0 radical (unpaired) electrons. The summed E-state index contributed by atoms with van der Waals surface area (Å²) in [5.41, 5.74) is 0.925. The Balaban J connectivity index is 1.94. The number of nitrogens with zero attached hydrogens (tertiary/aromatic N) is 1. The number of esters is 1. The van der Waals surface area contributed by atoms with Crippen LogP contribution in [0.15, 0.2) is 23.6 Å². The number of thiazole rings is 1. The molecule has 144 valence electrons. The van der Waals surface area contributed by atoms with Crippen LogP contribution in [0.2, 0.25) is 0 Å². The summed E-state index contributed by atoms with van der Waals surface area (Å²) in [6.07, 6.45) is 0.0801. The van der Waals surface area contributed by atoms with Crippen molar-refractivity contribution < 1.29 is 23.8 Å². The van der Waals surface area contributed by atoms with Gasteiger partial charge in [-0.05, 0) is 37.3 Å². The predicted molar refractivity (Wildman–Crippen MR) is 106 cm³/mol. The molecule has 1 heterocycles. The summed E-state index contributed by atoms with van der Waals surface area (Å²) in [4.78, 5) is 28.0. The Kier molecular flexibility index (Phi) is 7.50. The first kappa shape index (κ1) is 20.6. The fraction of sp³-hybridized carbons (Fsp3) is 0.294. The molecule has 0 aliphatic carbocycles. The van der Waals surface area contributed by atoms with Crippen LogP contribution in [0.4, 0.5) is 5.13 Å². The summed E-state index contributed by atoms with van der Waals surface area (Å²) in [5, 5.41) is 7.66. The van der Waals surface area contributed by atoms with E-state index in [1.807, 2.05) is 0 Å². The number of nitrogens with one attached hydrogen (secondary N) is 2. The summed E-state index contributed by atoms with van der Waals surface area (Å²) < 4.78 is 15.2. The average Bonchev–Trinajstić information content (AvgIpc) is 3.07. The number of methoxy groups -OCH3 is 2. The Morgan fingerprint density at radius 2 is 1.96 bits per heavy atom. The molecule has 0 bridgehead atoms. The number of aromatic nitrogens is 1. The minimum Gasteiger partial charge on any atom is -0.493 e. The molecule has 0 atom stereocenters. The monoisotopic (exact) mass is 409 g/mol. The first-order valence-corrected chi connectivity index (χ1v) is 9.20. The van der Waals surface area contributed by atoms with Crippen molar-refractivity contribution in [1.29, 1.82) is 0 Å². The molecule has 2 N–H and O–H groups in total. The highest BCUT2D eigenvalue weighted by Crippen LogP contribution is 2.27. The molecule has 1 aromatic heterocycles. The molecule has 0 saturated carbocycles. The minimum atomic E-state index is -0.406. The number of amides is 1. The van der Waals surface area contributed by atoms with Gasteiger partial charge in [-0.2, -0.15) is 0 Å². The van der Waals surface area contributed by atoms with E-state index in [-0.39, 0.29) is 17.5 Å². The molecule has 2 rings (SSSR count). The van der Waals surface area contributed by atoms with Crippen LogP contribution in [0.25, 0.3) is 0 Å². The Morgan fingerprint density at radius 3 is 2.63 bits per heavy atom. The molecule has 0 saturated heterocycles. The summed E-state index contributed by atoms with van der Waals surface area (Å²) >= 11 is 6.40. The first-order chi connectivity index (χ1) is 13.0. The third-order valence-electron chi connectivity index (χ3n) is 3.28. The van der Waals surface area contributed by atoms with E-state index in [0.717, 1.165) is 0 Å². The van der Waals surface area contributed by atoms with Crippen molar-refractivity contribution in [3.63, 3.8) is 0 Å². The van der Waals surface area contributed by atoms with Crippen molar-refractivity contribution in [2.75, 3.05) is 26.1 Å². The highest BCUT2D eigenvalue weighted by molar-refractivity contribution is 7.80. The lowest BCUT2D eigenvalue weighted by molar-refractivity contribution is -0.142. The quantitative estimate of drug-likeness (QED) is 0.531. The van der Waals surface area contributed by atoms with Gasteiger partial charge in [0, 0.05) is 10.9 Å². The lowest BCUT2D eigenvalue weighted by atomic mass is 10.2. The Hall–Kier alpha value is -2.72. The number of carbonyl (C=O) groups is 2. The van der Waals surface area contributed by atoms with Crippen LogP contribution in [0.1, 0.15) is 23.0 Å². The van der Waals surface area contributed by atoms with Crippen LogP contribution in [0.5, 0.6) is 11.5 Å². The van der Waals surface area contributed by atoms with E-state index in [1.54, 1.807) is 30.5 Å². The number of carbonyl (C=O) groups excluding carboxylic acids is 2. The lowest BCUT2D eigenvalue weighted by Gasteiger charge is -2.10. The molecule has 1 amide bonds. The van der Waals surface area contributed by atoms with Gasteiger partial charge in [0.25, 0.3) is 5.91 Å². The summed E-state index contributed by atoms with van der Waals surface area (Å²) in [6.45, 7) is 2.06. The maximum Gasteiger partial charge on any atom is 0.311 e. The molecule has 2 aromatic rings. The highest BCUT2D eigenvalue weighted by Gasteiger charge is 2.13. The van der Waals surface area contributed by atoms with Gasteiger partial charge in [0.15, 0.2) is 21.7 Å². The van der Waals surface area contributed by atoms with Crippen molar-refractivity contribution in [3.8, 4) is 11.5 Å². The topological polar surface area (TPSA) is 98.8 Å². The van der Waals surface area contributed by atoms with Gasteiger partial charge in [-0.15, -0.1) is 11.3 Å². The van der Waals surface area contributed by atoms with E-state index in [0.29, 0.717) is 34.5 Å². The second-order valence-corrected chi connectivity index (χ2v) is 6.37. The van der Waals surface area contributed by atoms with Crippen LogP contribution in [-0.2, 0) is 16.0 Å². The summed E-state index contributed by atoms with van der Waals surface area (Å²) in [5.74, 6) is 0.203. The van der Waals surface area contributed by atoms with Crippen LogP contribution < -0.4 is 20.1 Å². The molecule has 10 heteroatoms. The van der Waals surface area contributed by atoms with Crippen molar-refractivity contribution in [2.24, 2.45) is 0 Å². The third kappa shape index (κ3) is 5.90.